The molecule has 0 aliphatic carbocycles. The van der Waals surface area contributed by atoms with Gasteiger partial charge in [-0.3, -0.25) is 4.79 Å². The maximum absolute atomic E-state index is 12.7. The van der Waals surface area contributed by atoms with E-state index in [0.717, 1.165) is 27.6 Å². The molecular formula is C24H17N3O2. The second kappa shape index (κ2) is 6.87. The van der Waals surface area contributed by atoms with Gasteiger partial charge >= 0.3 is 0 Å². The number of aryl methyl sites for hydroxylation is 1. The molecule has 5 rings (SSSR count). The van der Waals surface area contributed by atoms with Crippen molar-refractivity contribution in [1.29, 1.82) is 0 Å². The van der Waals surface area contributed by atoms with Gasteiger partial charge in [0.1, 0.15) is 0 Å². The number of pyridine rings is 1. The summed E-state index contributed by atoms with van der Waals surface area (Å²) < 4.78 is 5.78. The molecule has 0 bridgehead atoms. The third-order valence-electron chi connectivity index (χ3n) is 4.90. The number of hydrogen-bond donors (Lipinski definition) is 1. The highest BCUT2D eigenvalue weighted by Gasteiger charge is 2.12. The summed E-state index contributed by atoms with van der Waals surface area (Å²) >= 11 is 0. The zero-order valence-corrected chi connectivity index (χ0v) is 15.7. The Hall–Kier alpha value is -3.99. The predicted molar refractivity (Wildman–Crippen MR) is 114 cm³/mol. The molecule has 140 valence electrons. The Morgan fingerprint density at radius 3 is 2.62 bits per heavy atom. The van der Waals surface area contributed by atoms with Crippen LogP contribution in [0, 0.1) is 6.92 Å². The summed E-state index contributed by atoms with van der Waals surface area (Å²) in [5.74, 6) is 0.367. The smallest absolute Gasteiger partial charge is 0.255 e. The van der Waals surface area contributed by atoms with Crippen molar-refractivity contribution < 1.29 is 9.21 Å². The van der Waals surface area contributed by atoms with Crippen LogP contribution in [0.15, 0.2) is 83.4 Å². The highest BCUT2D eigenvalue weighted by Crippen LogP contribution is 2.27. The lowest BCUT2D eigenvalue weighted by molar-refractivity contribution is 0.102. The van der Waals surface area contributed by atoms with E-state index in [9.17, 15) is 4.79 Å². The van der Waals surface area contributed by atoms with Crippen molar-refractivity contribution in [2.24, 2.45) is 0 Å². The fraction of sp³-hybridized carbons (Fsp3) is 0.0417. The van der Waals surface area contributed by atoms with Crippen LogP contribution in [0.4, 0.5) is 5.69 Å². The lowest BCUT2D eigenvalue weighted by atomic mass is 10.1. The molecule has 1 N–H and O–H groups in total. The van der Waals surface area contributed by atoms with E-state index in [-0.39, 0.29) is 5.91 Å². The minimum absolute atomic E-state index is 0.141. The standard InChI is InChI=1S/C24H17N3O2/c1-15-13-19(24-27-22-21(29-24)7-4-12-25-22)10-11-20(15)26-23(28)18-9-8-16-5-2-3-6-17(16)14-18/h2-14H,1H3,(H,26,28). The quantitative estimate of drug-likeness (QED) is 0.443. The van der Waals surface area contributed by atoms with E-state index in [0.29, 0.717) is 22.7 Å². The summed E-state index contributed by atoms with van der Waals surface area (Å²) in [4.78, 5) is 21.4. The lowest BCUT2D eigenvalue weighted by Gasteiger charge is -2.10. The van der Waals surface area contributed by atoms with Crippen molar-refractivity contribution in [3.8, 4) is 11.5 Å². The Morgan fingerprint density at radius 2 is 1.79 bits per heavy atom. The molecular weight excluding hydrogens is 362 g/mol. The number of amides is 1. The summed E-state index contributed by atoms with van der Waals surface area (Å²) in [7, 11) is 0. The third-order valence-corrected chi connectivity index (χ3v) is 4.90. The van der Waals surface area contributed by atoms with Crippen LogP contribution in [-0.4, -0.2) is 15.9 Å². The third kappa shape index (κ3) is 3.23. The van der Waals surface area contributed by atoms with Gasteiger partial charge in [-0.2, -0.15) is 4.98 Å². The molecule has 5 nitrogen and oxygen atoms in total. The van der Waals surface area contributed by atoms with Gasteiger partial charge in [-0.1, -0.05) is 30.3 Å². The van der Waals surface area contributed by atoms with E-state index in [1.54, 1.807) is 6.20 Å². The van der Waals surface area contributed by atoms with Gasteiger partial charge in [-0.05, 0) is 65.7 Å². The highest BCUT2D eigenvalue weighted by atomic mass is 16.3. The van der Waals surface area contributed by atoms with Crippen molar-refractivity contribution in [2.75, 3.05) is 5.32 Å². The summed E-state index contributed by atoms with van der Waals surface area (Å²) in [6.45, 7) is 1.94. The van der Waals surface area contributed by atoms with E-state index >= 15 is 0 Å². The summed E-state index contributed by atoms with van der Waals surface area (Å²) in [5.41, 5.74) is 4.36. The van der Waals surface area contributed by atoms with E-state index in [1.807, 2.05) is 79.7 Å². The molecule has 0 atom stereocenters. The number of oxazole rings is 1. The Morgan fingerprint density at radius 1 is 0.931 bits per heavy atom. The molecule has 5 aromatic rings. The Bertz CT molecular complexity index is 1340. The fourth-order valence-corrected chi connectivity index (χ4v) is 3.35. The maximum atomic E-state index is 12.7. The van der Waals surface area contributed by atoms with Crippen molar-refractivity contribution >= 4 is 33.6 Å². The van der Waals surface area contributed by atoms with Crippen LogP contribution >= 0.6 is 0 Å². The largest absolute Gasteiger partial charge is 0.434 e. The van der Waals surface area contributed by atoms with Gasteiger partial charge in [-0.25, -0.2) is 4.98 Å². The molecule has 0 unspecified atom stereocenters. The topological polar surface area (TPSA) is 68.0 Å². The van der Waals surface area contributed by atoms with Crippen LogP contribution in [0.5, 0.6) is 0 Å². The van der Waals surface area contributed by atoms with Gasteiger partial charge in [0.2, 0.25) is 5.89 Å². The normalized spacial score (nSPS) is 11.1. The van der Waals surface area contributed by atoms with Gasteiger partial charge in [-0.15, -0.1) is 0 Å². The van der Waals surface area contributed by atoms with Crippen LogP contribution in [0.2, 0.25) is 0 Å². The lowest BCUT2D eigenvalue weighted by Crippen LogP contribution is -2.12. The number of carbonyl (C=O) groups is 1. The zero-order chi connectivity index (χ0) is 19.8. The van der Waals surface area contributed by atoms with E-state index < -0.39 is 0 Å². The zero-order valence-electron chi connectivity index (χ0n) is 15.7. The molecule has 0 saturated carbocycles. The molecule has 2 heterocycles. The molecule has 29 heavy (non-hydrogen) atoms. The number of rotatable bonds is 3. The highest BCUT2D eigenvalue weighted by molar-refractivity contribution is 6.06. The molecule has 0 fully saturated rings. The van der Waals surface area contributed by atoms with Gasteiger partial charge in [0.05, 0.1) is 0 Å². The first-order valence-electron chi connectivity index (χ1n) is 9.30. The van der Waals surface area contributed by atoms with Gasteiger partial charge in [0, 0.05) is 23.0 Å². The van der Waals surface area contributed by atoms with Gasteiger partial charge in [0.15, 0.2) is 11.2 Å². The minimum atomic E-state index is -0.141. The number of aromatic nitrogens is 2. The van der Waals surface area contributed by atoms with Crippen LogP contribution in [0.1, 0.15) is 15.9 Å². The number of carbonyl (C=O) groups excluding carboxylic acids is 1. The summed E-state index contributed by atoms with van der Waals surface area (Å²) in [6.07, 6.45) is 1.69. The van der Waals surface area contributed by atoms with Crippen LogP contribution in [0.25, 0.3) is 33.5 Å². The Kier molecular flexibility index (Phi) is 4.06. The number of fused-ring (bicyclic) bond motifs is 2. The molecule has 0 saturated heterocycles. The van der Waals surface area contributed by atoms with Crippen molar-refractivity contribution in [2.45, 2.75) is 6.92 Å². The molecule has 5 heteroatoms. The first-order valence-corrected chi connectivity index (χ1v) is 9.30. The molecule has 2 aromatic heterocycles. The number of anilines is 1. The Labute approximate surface area is 167 Å². The minimum Gasteiger partial charge on any atom is -0.434 e. The van der Waals surface area contributed by atoms with Gasteiger partial charge < -0.3 is 9.73 Å². The summed E-state index contributed by atoms with van der Waals surface area (Å²) in [5, 5.41) is 5.14. The molecule has 0 radical (unpaired) electrons. The number of nitrogens with zero attached hydrogens (tertiary/aromatic N) is 2. The maximum Gasteiger partial charge on any atom is 0.255 e. The predicted octanol–water partition coefficient (Wildman–Crippen LogP) is 5.60. The van der Waals surface area contributed by atoms with E-state index in [2.05, 4.69) is 15.3 Å². The molecule has 1 amide bonds. The van der Waals surface area contributed by atoms with Crippen LogP contribution in [0.3, 0.4) is 0 Å². The van der Waals surface area contributed by atoms with Crippen molar-refractivity contribution in [3.05, 3.63) is 90.1 Å². The van der Waals surface area contributed by atoms with Crippen LogP contribution < -0.4 is 5.32 Å². The number of benzene rings is 3. The SMILES string of the molecule is Cc1cc(-c2nc3ncccc3o2)ccc1NC(=O)c1ccc2ccccc2c1. The molecule has 0 spiro atoms. The molecule has 3 aromatic carbocycles. The number of hydrogen-bond acceptors (Lipinski definition) is 4. The molecule has 0 aliphatic heterocycles. The second-order valence-corrected chi connectivity index (χ2v) is 6.89. The fourth-order valence-electron chi connectivity index (χ4n) is 3.35. The van der Waals surface area contributed by atoms with E-state index in [4.69, 9.17) is 4.42 Å². The Balaban J connectivity index is 1.41. The first-order chi connectivity index (χ1) is 14.2. The summed E-state index contributed by atoms with van der Waals surface area (Å²) in [6, 6.07) is 23.0. The number of nitrogens with one attached hydrogen (secondary N) is 1. The van der Waals surface area contributed by atoms with E-state index in [1.165, 1.54) is 0 Å². The monoisotopic (exact) mass is 379 g/mol. The average molecular weight is 379 g/mol. The average Bonchev–Trinajstić information content (AvgIpc) is 3.19. The van der Waals surface area contributed by atoms with Gasteiger partial charge in [0.25, 0.3) is 5.91 Å². The van der Waals surface area contributed by atoms with Crippen LogP contribution in [-0.2, 0) is 0 Å². The van der Waals surface area contributed by atoms with Crippen molar-refractivity contribution in [3.63, 3.8) is 0 Å². The first kappa shape index (κ1) is 17.1. The second-order valence-electron chi connectivity index (χ2n) is 6.89. The van der Waals surface area contributed by atoms with Crippen molar-refractivity contribution in [1.82, 2.24) is 9.97 Å². The molecule has 0 aliphatic rings.